The molecule has 20 heavy (non-hydrogen) atoms. The molecule has 0 saturated heterocycles. The summed E-state index contributed by atoms with van der Waals surface area (Å²) >= 11 is 0. The zero-order valence-corrected chi connectivity index (χ0v) is 11.8. The first-order chi connectivity index (χ1) is 9.38. The summed E-state index contributed by atoms with van der Waals surface area (Å²) in [5.41, 5.74) is 0.691. The molecule has 6 heteroatoms. The normalized spacial score (nSPS) is 10.8. The van der Waals surface area contributed by atoms with Crippen LogP contribution in [0.2, 0.25) is 0 Å². The molecular formula is C14H19N3O3. The number of pyridine rings is 1. The summed E-state index contributed by atoms with van der Waals surface area (Å²) in [7, 11) is 1.77. The molecule has 0 bridgehead atoms. The number of carboxylic acids is 1. The predicted octanol–water partition coefficient (Wildman–Crippen LogP) is 1.14. The molecule has 0 saturated carbocycles. The minimum absolute atomic E-state index is 0.0702. The fourth-order valence-corrected chi connectivity index (χ4v) is 1.55. The molecule has 0 aliphatic heterocycles. The van der Waals surface area contributed by atoms with Crippen LogP contribution in [0.1, 0.15) is 19.4 Å². The van der Waals surface area contributed by atoms with Crippen LogP contribution in [0, 0.1) is 0 Å². The van der Waals surface area contributed by atoms with Gasteiger partial charge in [-0.15, -0.1) is 0 Å². The molecule has 0 aromatic carbocycles. The molecule has 0 unspecified atom stereocenters. The number of hydrogen-bond acceptors (Lipinski definition) is 4. The Morgan fingerprint density at radius 3 is 2.65 bits per heavy atom. The number of aliphatic carboxylic acids is 1. The summed E-state index contributed by atoms with van der Waals surface area (Å²) < 4.78 is 0. The van der Waals surface area contributed by atoms with Crippen LogP contribution in [-0.2, 0) is 9.59 Å². The minimum atomic E-state index is -1.00. The molecule has 1 heterocycles. The van der Waals surface area contributed by atoms with E-state index in [0.717, 1.165) is 6.08 Å². The minimum Gasteiger partial charge on any atom is -0.478 e. The molecule has 1 aromatic rings. The molecule has 1 aromatic heterocycles. The van der Waals surface area contributed by atoms with Crippen molar-refractivity contribution in [2.75, 3.05) is 18.5 Å². The van der Waals surface area contributed by atoms with Gasteiger partial charge in [-0.2, -0.15) is 0 Å². The summed E-state index contributed by atoms with van der Waals surface area (Å²) in [6.45, 7) is 4.02. The van der Waals surface area contributed by atoms with Crippen molar-refractivity contribution >= 4 is 23.8 Å². The average molecular weight is 277 g/mol. The number of aromatic nitrogens is 1. The number of likely N-dealkylation sites (N-methyl/N-ethyl adjacent to an activating group) is 1. The van der Waals surface area contributed by atoms with E-state index < -0.39 is 5.97 Å². The first kappa shape index (κ1) is 15.7. The van der Waals surface area contributed by atoms with Crippen molar-refractivity contribution in [2.45, 2.75) is 19.9 Å². The lowest BCUT2D eigenvalue weighted by Gasteiger charge is -2.18. The number of amides is 1. The van der Waals surface area contributed by atoms with Crippen LogP contribution in [0.3, 0.4) is 0 Å². The van der Waals surface area contributed by atoms with Crippen molar-refractivity contribution in [3.8, 4) is 0 Å². The van der Waals surface area contributed by atoms with E-state index in [1.807, 2.05) is 13.8 Å². The summed E-state index contributed by atoms with van der Waals surface area (Å²) in [5, 5.41) is 11.3. The van der Waals surface area contributed by atoms with Crippen LogP contribution in [0.25, 0.3) is 6.08 Å². The van der Waals surface area contributed by atoms with Crippen LogP contribution < -0.4 is 10.2 Å². The van der Waals surface area contributed by atoms with Crippen molar-refractivity contribution in [2.24, 2.45) is 0 Å². The lowest BCUT2D eigenvalue weighted by molar-refractivity contribution is -0.131. The predicted molar refractivity (Wildman–Crippen MR) is 77.5 cm³/mol. The van der Waals surface area contributed by atoms with Crippen molar-refractivity contribution in [3.63, 3.8) is 0 Å². The Kier molecular flexibility index (Phi) is 5.71. The Bertz CT molecular complexity index is 495. The molecule has 2 N–H and O–H groups in total. The van der Waals surface area contributed by atoms with Gasteiger partial charge in [0.1, 0.15) is 5.82 Å². The van der Waals surface area contributed by atoms with E-state index in [1.165, 1.54) is 6.08 Å². The summed E-state index contributed by atoms with van der Waals surface area (Å²) in [5.74, 6) is -0.424. The number of rotatable bonds is 6. The Morgan fingerprint density at radius 2 is 2.15 bits per heavy atom. The molecule has 0 atom stereocenters. The second-order valence-electron chi connectivity index (χ2n) is 4.70. The number of carboxylic acid groups (broad SMARTS) is 1. The maximum absolute atomic E-state index is 11.6. The van der Waals surface area contributed by atoms with Gasteiger partial charge in [0.15, 0.2) is 0 Å². The van der Waals surface area contributed by atoms with Crippen molar-refractivity contribution in [1.82, 2.24) is 10.3 Å². The van der Waals surface area contributed by atoms with Crippen molar-refractivity contribution in [3.05, 3.63) is 30.0 Å². The average Bonchev–Trinajstić information content (AvgIpc) is 2.35. The monoisotopic (exact) mass is 277 g/mol. The highest BCUT2D eigenvalue weighted by molar-refractivity contribution is 5.85. The topological polar surface area (TPSA) is 82.5 Å². The molecule has 108 valence electrons. The highest BCUT2D eigenvalue weighted by Gasteiger charge is 2.09. The van der Waals surface area contributed by atoms with Gasteiger partial charge in [-0.3, -0.25) is 4.79 Å². The second-order valence-corrected chi connectivity index (χ2v) is 4.70. The fraction of sp³-hybridized carbons (Fsp3) is 0.357. The third kappa shape index (κ3) is 5.51. The summed E-state index contributed by atoms with van der Waals surface area (Å²) in [6, 6.07) is 3.59. The quantitative estimate of drug-likeness (QED) is 0.762. The largest absolute Gasteiger partial charge is 0.478 e. The van der Waals surface area contributed by atoms with Crippen LogP contribution in [0.4, 0.5) is 5.82 Å². The second kappa shape index (κ2) is 7.28. The Labute approximate surface area is 118 Å². The van der Waals surface area contributed by atoms with Gasteiger partial charge in [0.05, 0.1) is 6.54 Å². The van der Waals surface area contributed by atoms with Crippen molar-refractivity contribution in [1.29, 1.82) is 0 Å². The Hall–Kier alpha value is -2.37. The van der Waals surface area contributed by atoms with Crippen LogP contribution in [0.5, 0.6) is 0 Å². The zero-order valence-electron chi connectivity index (χ0n) is 11.8. The Balaban J connectivity index is 2.63. The zero-order chi connectivity index (χ0) is 15.1. The number of carbonyl (C=O) groups is 2. The van der Waals surface area contributed by atoms with E-state index in [2.05, 4.69) is 10.3 Å². The van der Waals surface area contributed by atoms with Gasteiger partial charge in [0.25, 0.3) is 0 Å². The SMILES string of the molecule is CC(C)NC(=O)CN(C)c1ccc(/C=C/C(=O)O)cn1. The third-order valence-corrected chi connectivity index (χ3v) is 2.41. The Morgan fingerprint density at radius 1 is 1.45 bits per heavy atom. The smallest absolute Gasteiger partial charge is 0.328 e. The molecule has 6 nitrogen and oxygen atoms in total. The van der Waals surface area contributed by atoms with E-state index in [4.69, 9.17) is 5.11 Å². The van der Waals surface area contributed by atoms with E-state index in [1.54, 1.807) is 30.3 Å². The highest BCUT2D eigenvalue weighted by Crippen LogP contribution is 2.10. The van der Waals surface area contributed by atoms with E-state index in [9.17, 15) is 9.59 Å². The van der Waals surface area contributed by atoms with E-state index in [-0.39, 0.29) is 18.5 Å². The van der Waals surface area contributed by atoms with E-state index in [0.29, 0.717) is 11.4 Å². The van der Waals surface area contributed by atoms with Gasteiger partial charge in [0, 0.05) is 25.4 Å². The van der Waals surface area contributed by atoms with Crippen molar-refractivity contribution < 1.29 is 14.7 Å². The van der Waals surface area contributed by atoms with Crippen LogP contribution in [-0.4, -0.2) is 41.6 Å². The number of hydrogen-bond donors (Lipinski definition) is 2. The van der Waals surface area contributed by atoms with Crippen LogP contribution in [0.15, 0.2) is 24.4 Å². The first-order valence-corrected chi connectivity index (χ1v) is 6.26. The van der Waals surface area contributed by atoms with Gasteiger partial charge in [0.2, 0.25) is 5.91 Å². The van der Waals surface area contributed by atoms with E-state index >= 15 is 0 Å². The molecular weight excluding hydrogens is 258 g/mol. The lowest BCUT2D eigenvalue weighted by atomic mass is 10.2. The maximum Gasteiger partial charge on any atom is 0.328 e. The van der Waals surface area contributed by atoms with Gasteiger partial charge < -0.3 is 15.3 Å². The molecule has 1 rings (SSSR count). The molecule has 0 aliphatic rings. The standard InChI is InChI=1S/C14H19N3O3/c1-10(2)16-13(18)9-17(3)12-6-4-11(8-15-12)5-7-14(19)20/h4-8,10H,9H2,1-3H3,(H,16,18)(H,19,20)/b7-5+. The molecule has 0 radical (unpaired) electrons. The summed E-state index contributed by atoms with van der Waals surface area (Å²) in [4.78, 5) is 27.9. The van der Waals surface area contributed by atoms with Gasteiger partial charge >= 0.3 is 5.97 Å². The lowest BCUT2D eigenvalue weighted by Crippen LogP contribution is -2.38. The fourth-order valence-electron chi connectivity index (χ4n) is 1.55. The van der Waals surface area contributed by atoms with Gasteiger partial charge in [-0.1, -0.05) is 0 Å². The third-order valence-electron chi connectivity index (χ3n) is 2.41. The number of anilines is 1. The maximum atomic E-state index is 11.6. The highest BCUT2D eigenvalue weighted by atomic mass is 16.4. The number of nitrogens with zero attached hydrogens (tertiary/aromatic N) is 2. The molecule has 0 aliphatic carbocycles. The molecule has 0 fully saturated rings. The molecule has 1 amide bonds. The van der Waals surface area contributed by atoms with Crippen LogP contribution >= 0.6 is 0 Å². The number of nitrogens with one attached hydrogen (secondary N) is 1. The van der Waals surface area contributed by atoms with Gasteiger partial charge in [-0.25, -0.2) is 9.78 Å². The number of carbonyl (C=O) groups excluding carboxylic acids is 1. The van der Waals surface area contributed by atoms with Gasteiger partial charge in [-0.05, 0) is 37.6 Å². The first-order valence-electron chi connectivity index (χ1n) is 6.26. The summed E-state index contributed by atoms with van der Waals surface area (Å²) in [6.07, 6.45) is 4.08. The molecule has 0 spiro atoms.